The first-order chi connectivity index (χ1) is 14.0. The summed E-state index contributed by atoms with van der Waals surface area (Å²) in [6, 6.07) is 14.1. The molecule has 1 amide bonds. The Morgan fingerprint density at radius 2 is 1.69 bits per heavy atom. The van der Waals surface area contributed by atoms with Gasteiger partial charge in [-0.3, -0.25) is 4.79 Å². The number of hydrogen-bond donors (Lipinski definition) is 1. The Kier molecular flexibility index (Phi) is 6.03. The van der Waals surface area contributed by atoms with Crippen molar-refractivity contribution in [3.63, 3.8) is 0 Å². The number of anilines is 1. The Bertz CT molecular complexity index is 1120. The number of para-hydroxylation sites is 1. The number of ether oxygens (including phenoxy) is 2. The lowest BCUT2D eigenvalue weighted by atomic mass is 10.2. The van der Waals surface area contributed by atoms with Crippen LogP contribution in [0.5, 0.6) is 0 Å². The monoisotopic (exact) mass is 395 g/mol. The number of esters is 2. The van der Waals surface area contributed by atoms with Gasteiger partial charge in [-0.15, -0.1) is 0 Å². The Balaban J connectivity index is 1.59. The fraction of sp³-hybridized carbons (Fsp3) is 0.143. The van der Waals surface area contributed by atoms with Gasteiger partial charge >= 0.3 is 17.6 Å². The fourth-order valence-electron chi connectivity index (χ4n) is 2.51. The highest BCUT2D eigenvalue weighted by Crippen LogP contribution is 2.13. The van der Waals surface area contributed by atoms with Crippen molar-refractivity contribution in [1.29, 1.82) is 0 Å². The van der Waals surface area contributed by atoms with Crippen molar-refractivity contribution < 1.29 is 28.3 Å². The van der Waals surface area contributed by atoms with Gasteiger partial charge in [0, 0.05) is 11.1 Å². The molecule has 3 aromatic rings. The van der Waals surface area contributed by atoms with E-state index in [1.54, 1.807) is 31.2 Å². The van der Waals surface area contributed by atoms with E-state index >= 15 is 0 Å². The number of benzene rings is 2. The Morgan fingerprint density at radius 3 is 2.41 bits per heavy atom. The maximum Gasteiger partial charge on any atom is 0.351 e. The molecule has 0 saturated carbocycles. The van der Waals surface area contributed by atoms with E-state index in [2.05, 4.69) is 5.32 Å². The topological polar surface area (TPSA) is 112 Å². The number of hydrogen-bond acceptors (Lipinski definition) is 7. The molecule has 0 aliphatic heterocycles. The number of nitrogens with one attached hydrogen (secondary N) is 1. The molecule has 8 nitrogen and oxygen atoms in total. The second kappa shape index (κ2) is 8.83. The minimum Gasteiger partial charge on any atom is -0.462 e. The molecule has 0 aliphatic carbocycles. The zero-order valence-electron chi connectivity index (χ0n) is 15.5. The third-order valence-corrected chi connectivity index (χ3v) is 3.88. The molecule has 0 radical (unpaired) electrons. The maximum atomic E-state index is 12.1. The molecule has 1 heterocycles. The summed E-state index contributed by atoms with van der Waals surface area (Å²) >= 11 is 0. The van der Waals surface area contributed by atoms with Crippen molar-refractivity contribution in [3.05, 3.63) is 76.1 Å². The van der Waals surface area contributed by atoms with Crippen molar-refractivity contribution in [3.8, 4) is 0 Å². The lowest BCUT2D eigenvalue weighted by Crippen LogP contribution is -2.23. The van der Waals surface area contributed by atoms with Crippen LogP contribution in [0.3, 0.4) is 0 Å². The predicted octanol–water partition coefficient (Wildman–Crippen LogP) is 2.77. The Morgan fingerprint density at radius 1 is 0.966 bits per heavy atom. The molecular formula is C21H17NO7. The predicted molar refractivity (Wildman–Crippen MR) is 104 cm³/mol. The van der Waals surface area contributed by atoms with Crippen molar-refractivity contribution >= 4 is 34.5 Å². The second-order valence-corrected chi connectivity index (χ2v) is 5.91. The number of amides is 1. The molecule has 1 aromatic heterocycles. The lowest BCUT2D eigenvalue weighted by Gasteiger charge is -2.07. The van der Waals surface area contributed by atoms with Crippen LogP contribution in [0.1, 0.15) is 27.6 Å². The van der Waals surface area contributed by atoms with Gasteiger partial charge in [-0.2, -0.15) is 0 Å². The maximum absolute atomic E-state index is 12.1. The molecule has 0 fully saturated rings. The molecule has 0 bridgehead atoms. The van der Waals surface area contributed by atoms with E-state index in [1.165, 1.54) is 30.3 Å². The lowest BCUT2D eigenvalue weighted by molar-refractivity contribution is -0.119. The van der Waals surface area contributed by atoms with Crippen LogP contribution >= 0.6 is 0 Å². The first-order valence-electron chi connectivity index (χ1n) is 8.75. The summed E-state index contributed by atoms with van der Waals surface area (Å²) in [6.07, 6.45) is 0. The third kappa shape index (κ3) is 4.86. The van der Waals surface area contributed by atoms with Crippen molar-refractivity contribution in [2.75, 3.05) is 18.5 Å². The summed E-state index contributed by atoms with van der Waals surface area (Å²) in [5.41, 5.74) is -0.0411. The van der Waals surface area contributed by atoms with Crippen LogP contribution in [0.4, 0.5) is 5.69 Å². The molecule has 3 rings (SSSR count). The van der Waals surface area contributed by atoms with Crippen LogP contribution in [-0.2, 0) is 14.3 Å². The van der Waals surface area contributed by atoms with Crippen LogP contribution < -0.4 is 10.9 Å². The van der Waals surface area contributed by atoms with Gasteiger partial charge in [-0.1, -0.05) is 18.2 Å². The van der Waals surface area contributed by atoms with E-state index in [0.717, 1.165) is 0 Å². The first kappa shape index (κ1) is 19.8. The van der Waals surface area contributed by atoms with Crippen molar-refractivity contribution in [1.82, 2.24) is 0 Å². The first-order valence-corrected chi connectivity index (χ1v) is 8.75. The second-order valence-electron chi connectivity index (χ2n) is 5.91. The molecular weight excluding hydrogens is 378 g/mol. The van der Waals surface area contributed by atoms with Gasteiger partial charge in [-0.05, 0) is 43.3 Å². The van der Waals surface area contributed by atoms with Gasteiger partial charge in [0.1, 0.15) is 11.1 Å². The molecule has 148 valence electrons. The van der Waals surface area contributed by atoms with Gasteiger partial charge in [0.2, 0.25) is 0 Å². The summed E-state index contributed by atoms with van der Waals surface area (Å²) in [4.78, 5) is 47.7. The van der Waals surface area contributed by atoms with E-state index in [-0.39, 0.29) is 12.2 Å². The number of rotatable bonds is 6. The zero-order valence-corrected chi connectivity index (χ0v) is 15.5. The minimum absolute atomic E-state index is 0.262. The van der Waals surface area contributed by atoms with Gasteiger partial charge in [0.15, 0.2) is 6.61 Å². The van der Waals surface area contributed by atoms with Crippen molar-refractivity contribution in [2.24, 2.45) is 0 Å². The molecule has 0 unspecified atom stereocenters. The van der Waals surface area contributed by atoms with Crippen LogP contribution in [0.25, 0.3) is 11.0 Å². The molecule has 1 N–H and O–H groups in total. The normalized spacial score (nSPS) is 10.4. The summed E-state index contributed by atoms with van der Waals surface area (Å²) < 4.78 is 14.8. The van der Waals surface area contributed by atoms with Gasteiger partial charge < -0.3 is 19.2 Å². The Labute approximate surface area is 165 Å². The minimum atomic E-state index is -0.961. The van der Waals surface area contributed by atoms with Crippen molar-refractivity contribution in [2.45, 2.75) is 6.92 Å². The number of carbonyl (C=O) groups excluding carboxylic acids is 3. The number of carbonyl (C=O) groups is 3. The van der Waals surface area contributed by atoms with E-state index in [0.29, 0.717) is 22.2 Å². The molecule has 0 saturated heterocycles. The van der Waals surface area contributed by atoms with Gasteiger partial charge in [0.05, 0.1) is 12.2 Å². The summed E-state index contributed by atoms with van der Waals surface area (Å²) in [6.45, 7) is 1.37. The van der Waals surface area contributed by atoms with E-state index in [1.807, 2.05) is 0 Å². The smallest absolute Gasteiger partial charge is 0.351 e. The highest BCUT2D eigenvalue weighted by molar-refractivity contribution is 5.97. The number of fused-ring (bicyclic) bond motifs is 1. The average molecular weight is 395 g/mol. The molecule has 29 heavy (non-hydrogen) atoms. The standard InChI is InChI=1S/C21H17NO7/c1-2-27-19(24)13-7-9-15(10-8-13)22-18(23)12-28-20(25)16-11-14-5-3-4-6-17(14)29-21(16)26/h3-11H,2,12H2,1H3,(H,22,23). The van der Waals surface area contributed by atoms with E-state index < -0.39 is 30.1 Å². The molecule has 8 heteroatoms. The zero-order chi connectivity index (χ0) is 20.8. The largest absolute Gasteiger partial charge is 0.462 e. The highest BCUT2D eigenvalue weighted by Gasteiger charge is 2.17. The quantitative estimate of drug-likeness (QED) is 0.504. The van der Waals surface area contributed by atoms with Crippen LogP contribution in [0, 0.1) is 0 Å². The SMILES string of the molecule is CCOC(=O)c1ccc(NC(=O)COC(=O)c2cc3ccccc3oc2=O)cc1. The molecule has 0 spiro atoms. The molecule has 0 atom stereocenters. The molecule has 2 aromatic carbocycles. The van der Waals surface area contributed by atoms with Gasteiger partial charge in [-0.25, -0.2) is 14.4 Å². The average Bonchev–Trinajstić information content (AvgIpc) is 2.72. The highest BCUT2D eigenvalue weighted by atomic mass is 16.5. The van der Waals surface area contributed by atoms with E-state index in [4.69, 9.17) is 13.9 Å². The Hall–Kier alpha value is -3.94. The molecule has 0 aliphatic rings. The van der Waals surface area contributed by atoms with Crippen LogP contribution in [-0.4, -0.2) is 31.1 Å². The summed E-state index contributed by atoms with van der Waals surface area (Å²) in [7, 11) is 0. The fourth-order valence-corrected chi connectivity index (χ4v) is 2.51. The third-order valence-electron chi connectivity index (χ3n) is 3.88. The summed E-state index contributed by atoms with van der Waals surface area (Å²) in [5.74, 6) is -2.03. The van der Waals surface area contributed by atoms with Crippen LogP contribution in [0.15, 0.2) is 63.8 Å². The van der Waals surface area contributed by atoms with Gasteiger partial charge in [0.25, 0.3) is 5.91 Å². The van der Waals surface area contributed by atoms with E-state index in [9.17, 15) is 19.2 Å². The van der Waals surface area contributed by atoms with Crippen LogP contribution in [0.2, 0.25) is 0 Å². The summed E-state index contributed by atoms with van der Waals surface area (Å²) in [5, 5.41) is 3.08.